The normalized spacial score (nSPS) is 10.6. The first-order chi connectivity index (χ1) is 9.35. The molecule has 100 valence electrons. The topological polar surface area (TPSA) is 38.1 Å². The van der Waals surface area contributed by atoms with Gasteiger partial charge in [0.15, 0.2) is 5.16 Å². The van der Waals surface area contributed by atoms with E-state index in [4.69, 9.17) is 0 Å². The maximum atomic E-state index is 9.36. The number of aromatic nitrogens is 2. The van der Waals surface area contributed by atoms with Crippen LogP contribution in [0.5, 0.6) is 0 Å². The van der Waals surface area contributed by atoms with Crippen LogP contribution in [-0.2, 0) is 19.6 Å². The van der Waals surface area contributed by atoms with Gasteiger partial charge in [-0.25, -0.2) is 4.98 Å². The maximum absolute atomic E-state index is 9.36. The summed E-state index contributed by atoms with van der Waals surface area (Å²) >= 11 is 1.64. The lowest BCUT2D eigenvalue weighted by Crippen LogP contribution is -2.07. The summed E-state index contributed by atoms with van der Waals surface area (Å²) in [5.41, 5.74) is 2.15. The SMILES string of the molecule is C=CCSc1ncc(CO)n1CCc1ccccc1. The molecule has 0 atom stereocenters. The first-order valence-electron chi connectivity index (χ1n) is 6.28. The maximum Gasteiger partial charge on any atom is 0.168 e. The van der Waals surface area contributed by atoms with E-state index in [1.165, 1.54) is 5.56 Å². The van der Waals surface area contributed by atoms with Gasteiger partial charge < -0.3 is 9.67 Å². The molecule has 0 fully saturated rings. The zero-order valence-electron chi connectivity index (χ0n) is 10.8. The molecule has 0 aliphatic rings. The number of aliphatic hydroxyl groups excluding tert-OH is 1. The van der Waals surface area contributed by atoms with Gasteiger partial charge in [-0.3, -0.25) is 0 Å². The van der Waals surface area contributed by atoms with Crippen molar-refractivity contribution in [2.75, 3.05) is 5.75 Å². The first kappa shape index (κ1) is 13.9. The molecule has 1 N–H and O–H groups in total. The van der Waals surface area contributed by atoms with E-state index in [2.05, 4.69) is 28.3 Å². The Morgan fingerprint density at radius 3 is 2.79 bits per heavy atom. The van der Waals surface area contributed by atoms with Crippen molar-refractivity contribution in [2.45, 2.75) is 24.7 Å². The molecule has 3 nitrogen and oxygen atoms in total. The molecule has 0 unspecified atom stereocenters. The molecular formula is C15H18N2OS. The zero-order chi connectivity index (χ0) is 13.5. The van der Waals surface area contributed by atoms with Crippen molar-refractivity contribution in [1.82, 2.24) is 9.55 Å². The second-order valence-electron chi connectivity index (χ2n) is 4.18. The fourth-order valence-electron chi connectivity index (χ4n) is 1.89. The second-order valence-corrected chi connectivity index (χ2v) is 5.16. The standard InChI is InChI=1S/C15H18N2OS/c1-2-10-19-15-16-11-14(12-18)17(15)9-8-13-6-4-3-5-7-13/h2-7,11,18H,1,8-10,12H2. The highest BCUT2D eigenvalue weighted by Crippen LogP contribution is 2.19. The fourth-order valence-corrected chi connectivity index (χ4v) is 2.65. The van der Waals surface area contributed by atoms with Gasteiger partial charge in [0.25, 0.3) is 0 Å². The van der Waals surface area contributed by atoms with Crippen LogP contribution in [0.25, 0.3) is 0 Å². The lowest BCUT2D eigenvalue weighted by molar-refractivity contribution is 0.269. The van der Waals surface area contributed by atoms with E-state index in [0.29, 0.717) is 0 Å². The van der Waals surface area contributed by atoms with Crippen LogP contribution in [0.2, 0.25) is 0 Å². The largest absolute Gasteiger partial charge is 0.390 e. The van der Waals surface area contributed by atoms with Crippen LogP contribution in [0.15, 0.2) is 54.3 Å². The van der Waals surface area contributed by atoms with Crippen LogP contribution in [0, 0.1) is 0 Å². The fraction of sp³-hybridized carbons (Fsp3) is 0.267. The van der Waals surface area contributed by atoms with E-state index in [0.717, 1.165) is 29.6 Å². The number of benzene rings is 1. The van der Waals surface area contributed by atoms with E-state index in [-0.39, 0.29) is 6.61 Å². The van der Waals surface area contributed by atoms with Crippen LogP contribution in [0.3, 0.4) is 0 Å². The van der Waals surface area contributed by atoms with Crippen LogP contribution >= 0.6 is 11.8 Å². The molecule has 0 bridgehead atoms. The number of aliphatic hydroxyl groups is 1. The number of hydrogen-bond acceptors (Lipinski definition) is 3. The van der Waals surface area contributed by atoms with E-state index in [9.17, 15) is 5.11 Å². The summed E-state index contributed by atoms with van der Waals surface area (Å²) in [5, 5.41) is 10.3. The first-order valence-corrected chi connectivity index (χ1v) is 7.26. The molecule has 0 spiro atoms. The molecule has 1 aromatic carbocycles. The molecule has 0 amide bonds. The number of nitrogens with zero attached hydrogens (tertiary/aromatic N) is 2. The van der Waals surface area contributed by atoms with E-state index in [1.807, 2.05) is 24.3 Å². The minimum atomic E-state index is 0.0242. The van der Waals surface area contributed by atoms with Gasteiger partial charge >= 0.3 is 0 Å². The Bertz CT molecular complexity index is 522. The Morgan fingerprint density at radius 2 is 2.11 bits per heavy atom. The molecule has 0 aliphatic carbocycles. The Balaban J connectivity index is 2.09. The Hall–Kier alpha value is -1.52. The van der Waals surface area contributed by atoms with Gasteiger partial charge in [0.2, 0.25) is 0 Å². The molecule has 1 heterocycles. The number of rotatable bonds is 7. The molecule has 0 aliphatic heterocycles. The third-order valence-electron chi connectivity index (χ3n) is 2.86. The molecule has 19 heavy (non-hydrogen) atoms. The highest BCUT2D eigenvalue weighted by atomic mass is 32.2. The molecule has 2 aromatic rings. The van der Waals surface area contributed by atoms with Crippen LogP contribution in [0.1, 0.15) is 11.3 Å². The van der Waals surface area contributed by atoms with Crippen molar-refractivity contribution < 1.29 is 5.11 Å². The molecule has 0 saturated heterocycles. The van der Waals surface area contributed by atoms with Gasteiger partial charge in [-0.2, -0.15) is 0 Å². The predicted octanol–water partition coefficient (Wildman–Crippen LogP) is 2.90. The van der Waals surface area contributed by atoms with Gasteiger partial charge in [-0.1, -0.05) is 48.2 Å². The minimum absolute atomic E-state index is 0.0242. The third-order valence-corrected chi connectivity index (χ3v) is 3.85. The lowest BCUT2D eigenvalue weighted by Gasteiger charge is -2.10. The Labute approximate surface area is 118 Å². The predicted molar refractivity (Wildman–Crippen MR) is 79.2 cm³/mol. The number of imidazole rings is 1. The van der Waals surface area contributed by atoms with E-state index in [1.54, 1.807) is 18.0 Å². The molecular weight excluding hydrogens is 256 g/mol. The summed E-state index contributed by atoms with van der Waals surface area (Å²) in [6.45, 7) is 4.58. The van der Waals surface area contributed by atoms with Crippen molar-refractivity contribution in [1.29, 1.82) is 0 Å². The summed E-state index contributed by atoms with van der Waals surface area (Å²) in [7, 11) is 0. The Morgan fingerprint density at radius 1 is 1.32 bits per heavy atom. The van der Waals surface area contributed by atoms with Gasteiger partial charge in [0.05, 0.1) is 18.5 Å². The molecule has 0 saturated carbocycles. The van der Waals surface area contributed by atoms with Gasteiger partial charge in [0, 0.05) is 12.3 Å². The summed E-state index contributed by atoms with van der Waals surface area (Å²) < 4.78 is 2.08. The van der Waals surface area contributed by atoms with Crippen molar-refractivity contribution in [3.8, 4) is 0 Å². The van der Waals surface area contributed by atoms with Crippen LogP contribution in [-0.4, -0.2) is 20.4 Å². The quantitative estimate of drug-likeness (QED) is 0.623. The van der Waals surface area contributed by atoms with Crippen LogP contribution < -0.4 is 0 Å². The lowest BCUT2D eigenvalue weighted by atomic mass is 10.1. The molecule has 0 radical (unpaired) electrons. The summed E-state index contributed by atoms with van der Waals surface area (Å²) in [5.74, 6) is 0.827. The van der Waals surface area contributed by atoms with Crippen molar-refractivity contribution in [3.63, 3.8) is 0 Å². The average molecular weight is 274 g/mol. The monoisotopic (exact) mass is 274 g/mol. The van der Waals surface area contributed by atoms with Crippen molar-refractivity contribution >= 4 is 11.8 Å². The number of aryl methyl sites for hydroxylation is 1. The molecule has 2 rings (SSSR count). The van der Waals surface area contributed by atoms with Gasteiger partial charge in [0.1, 0.15) is 0 Å². The van der Waals surface area contributed by atoms with Crippen molar-refractivity contribution in [2.24, 2.45) is 0 Å². The molecule has 1 aromatic heterocycles. The molecule has 4 heteroatoms. The van der Waals surface area contributed by atoms with Crippen molar-refractivity contribution in [3.05, 3.63) is 60.4 Å². The number of thioether (sulfide) groups is 1. The zero-order valence-corrected chi connectivity index (χ0v) is 11.6. The van der Waals surface area contributed by atoms with Gasteiger partial charge in [-0.15, -0.1) is 6.58 Å². The van der Waals surface area contributed by atoms with Crippen LogP contribution in [0.4, 0.5) is 0 Å². The third kappa shape index (κ3) is 3.72. The second kappa shape index (κ2) is 7.16. The summed E-state index contributed by atoms with van der Waals surface area (Å²) in [6.07, 6.45) is 4.54. The highest BCUT2D eigenvalue weighted by molar-refractivity contribution is 7.99. The highest BCUT2D eigenvalue weighted by Gasteiger charge is 2.09. The summed E-state index contributed by atoms with van der Waals surface area (Å²) in [4.78, 5) is 4.35. The summed E-state index contributed by atoms with van der Waals surface area (Å²) in [6, 6.07) is 10.3. The Kier molecular flexibility index (Phi) is 5.24. The van der Waals surface area contributed by atoms with E-state index < -0.39 is 0 Å². The smallest absolute Gasteiger partial charge is 0.168 e. The number of hydrogen-bond donors (Lipinski definition) is 1. The minimum Gasteiger partial charge on any atom is -0.390 e. The van der Waals surface area contributed by atoms with E-state index >= 15 is 0 Å². The average Bonchev–Trinajstić information content (AvgIpc) is 2.86. The van der Waals surface area contributed by atoms with Gasteiger partial charge in [-0.05, 0) is 12.0 Å².